The van der Waals surface area contributed by atoms with Gasteiger partial charge in [0, 0.05) is 31.7 Å². The first-order valence-electron chi connectivity index (χ1n) is 8.35. The molecule has 2 aliphatic rings. The maximum Gasteiger partial charge on any atom is 0.229 e. The van der Waals surface area contributed by atoms with Crippen molar-refractivity contribution in [3.05, 3.63) is 54.4 Å². The third-order valence-corrected chi connectivity index (χ3v) is 5.08. The van der Waals surface area contributed by atoms with Crippen LogP contribution >= 0.6 is 0 Å². The van der Waals surface area contributed by atoms with Gasteiger partial charge in [-0.15, -0.1) is 0 Å². The molecule has 5 heteroatoms. The highest BCUT2D eigenvalue weighted by Gasteiger charge is 2.47. The number of benzene rings is 1. The Balaban J connectivity index is 1.50. The number of likely N-dealkylation sites (tertiary alicyclic amines) is 1. The van der Waals surface area contributed by atoms with Crippen molar-refractivity contribution in [1.82, 2.24) is 9.88 Å². The van der Waals surface area contributed by atoms with E-state index in [0.29, 0.717) is 12.5 Å². The Bertz CT molecular complexity index is 717. The predicted octanol–water partition coefficient (Wildman–Crippen LogP) is 2.47. The molecule has 0 N–H and O–H groups in total. The van der Waals surface area contributed by atoms with Crippen LogP contribution in [0.15, 0.2) is 48.8 Å². The van der Waals surface area contributed by atoms with Gasteiger partial charge in [0.15, 0.2) is 0 Å². The minimum absolute atomic E-state index is 0.206. The quantitative estimate of drug-likeness (QED) is 0.867. The Labute approximate surface area is 141 Å². The largest absolute Gasteiger partial charge is 0.497 e. The Morgan fingerprint density at radius 1 is 1.21 bits per heavy atom. The number of carbonyl (C=O) groups excluding carboxylic acids is 1. The van der Waals surface area contributed by atoms with Crippen LogP contribution in [-0.2, 0) is 11.3 Å². The molecular weight excluding hydrogens is 302 g/mol. The fourth-order valence-electron chi connectivity index (χ4n) is 3.92. The molecule has 4 rings (SSSR count). The van der Waals surface area contributed by atoms with Gasteiger partial charge in [0.25, 0.3) is 0 Å². The summed E-state index contributed by atoms with van der Waals surface area (Å²) in [5, 5.41) is 0. The standard InChI is InChI=1S/C19H21N3O2/c1-24-16-6-4-14(5-7-16)13-21-10-8-17-18(21)11-19(23)22(17)15-3-2-9-20-12-15/h2-7,9,12,17-18H,8,10-11,13H2,1H3/t17-,18+/m0/s1. The first-order chi connectivity index (χ1) is 11.8. The highest BCUT2D eigenvalue weighted by atomic mass is 16.5. The molecule has 0 bridgehead atoms. The molecule has 0 aliphatic carbocycles. The fraction of sp³-hybridized carbons (Fsp3) is 0.368. The molecule has 0 saturated carbocycles. The SMILES string of the molecule is COc1ccc(CN2CC[C@H]3[C@H]2CC(=O)N3c2cccnc2)cc1. The van der Waals surface area contributed by atoms with E-state index in [1.165, 1.54) is 5.56 Å². The highest BCUT2D eigenvalue weighted by Crippen LogP contribution is 2.36. The summed E-state index contributed by atoms with van der Waals surface area (Å²) < 4.78 is 5.21. The molecule has 1 aromatic carbocycles. The number of amides is 1. The molecular formula is C19H21N3O2. The number of rotatable bonds is 4. The molecule has 0 radical (unpaired) electrons. The van der Waals surface area contributed by atoms with E-state index < -0.39 is 0 Å². The summed E-state index contributed by atoms with van der Waals surface area (Å²) in [4.78, 5) is 21.1. The average molecular weight is 323 g/mol. The normalized spacial score (nSPS) is 23.5. The third-order valence-electron chi connectivity index (χ3n) is 5.08. The zero-order valence-corrected chi connectivity index (χ0v) is 13.8. The number of nitrogens with zero attached hydrogens (tertiary/aromatic N) is 3. The zero-order chi connectivity index (χ0) is 16.5. The molecule has 24 heavy (non-hydrogen) atoms. The minimum atomic E-state index is 0.206. The summed E-state index contributed by atoms with van der Waals surface area (Å²) >= 11 is 0. The smallest absolute Gasteiger partial charge is 0.229 e. The second kappa shape index (κ2) is 6.24. The molecule has 1 aromatic heterocycles. The lowest BCUT2D eigenvalue weighted by Gasteiger charge is -2.25. The van der Waals surface area contributed by atoms with Crippen LogP contribution in [0.1, 0.15) is 18.4 Å². The number of carbonyl (C=O) groups is 1. The molecule has 2 fully saturated rings. The van der Waals surface area contributed by atoms with Gasteiger partial charge in [-0.3, -0.25) is 14.7 Å². The van der Waals surface area contributed by atoms with Gasteiger partial charge in [-0.2, -0.15) is 0 Å². The Kier molecular flexibility index (Phi) is 3.94. The number of hydrogen-bond acceptors (Lipinski definition) is 4. The van der Waals surface area contributed by atoms with Crippen molar-refractivity contribution < 1.29 is 9.53 Å². The number of pyridine rings is 1. The van der Waals surface area contributed by atoms with Crippen molar-refractivity contribution in [2.75, 3.05) is 18.6 Å². The van der Waals surface area contributed by atoms with Crippen molar-refractivity contribution >= 4 is 11.6 Å². The van der Waals surface area contributed by atoms with Crippen molar-refractivity contribution in [1.29, 1.82) is 0 Å². The van der Waals surface area contributed by atoms with E-state index in [1.54, 1.807) is 19.5 Å². The lowest BCUT2D eigenvalue weighted by atomic mass is 10.1. The molecule has 1 amide bonds. The number of hydrogen-bond donors (Lipinski definition) is 0. The first kappa shape index (κ1) is 15.1. The lowest BCUT2D eigenvalue weighted by molar-refractivity contribution is -0.117. The van der Waals surface area contributed by atoms with E-state index in [-0.39, 0.29) is 11.9 Å². The Hall–Kier alpha value is -2.40. The van der Waals surface area contributed by atoms with Gasteiger partial charge in [-0.1, -0.05) is 12.1 Å². The van der Waals surface area contributed by atoms with Crippen LogP contribution in [-0.4, -0.2) is 41.5 Å². The number of anilines is 1. The molecule has 124 valence electrons. The monoisotopic (exact) mass is 323 g/mol. The summed E-state index contributed by atoms with van der Waals surface area (Å²) in [6, 6.07) is 12.6. The van der Waals surface area contributed by atoms with Gasteiger partial charge in [0.2, 0.25) is 5.91 Å². The van der Waals surface area contributed by atoms with Gasteiger partial charge in [-0.25, -0.2) is 0 Å². The van der Waals surface area contributed by atoms with Gasteiger partial charge >= 0.3 is 0 Å². The van der Waals surface area contributed by atoms with Crippen LogP contribution in [0.25, 0.3) is 0 Å². The molecule has 2 aromatic rings. The van der Waals surface area contributed by atoms with Crippen molar-refractivity contribution in [2.24, 2.45) is 0 Å². The average Bonchev–Trinajstić information content (AvgIpc) is 3.15. The van der Waals surface area contributed by atoms with Gasteiger partial charge in [0.05, 0.1) is 25.0 Å². The summed E-state index contributed by atoms with van der Waals surface area (Å²) in [6.45, 7) is 1.89. The van der Waals surface area contributed by atoms with E-state index in [9.17, 15) is 4.79 Å². The molecule has 3 heterocycles. The number of methoxy groups -OCH3 is 1. The Morgan fingerprint density at radius 3 is 2.75 bits per heavy atom. The highest BCUT2D eigenvalue weighted by molar-refractivity contribution is 5.97. The predicted molar refractivity (Wildman–Crippen MR) is 91.9 cm³/mol. The van der Waals surface area contributed by atoms with Crippen molar-refractivity contribution in [3.8, 4) is 5.75 Å². The number of aromatic nitrogens is 1. The summed E-state index contributed by atoms with van der Waals surface area (Å²) in [5.41, 5.74) is 2.17. The maximum atomic E-state index is 12.5. The van der Waals surface area contributed by atoms with E-state index in [0.717, 1.165) is 30.9 Å². The summed E-state index contributed by atoms with van der Waals surface area (Å²) in [6.07, 6.45) is 5.13. The molecule has 0 unspecified atom stereocenters. The first-order valence-corrected chi connectivity index (χ1v) is 8.35. The van der Waals surface area contributed by atoms with Gasteiger partial charge < -0.3 is 9.64 Å². The molecule has 5 nitrogen and oxygen atoms in total. The van der Waals surface area contributed by atoms with Crippen molar-refractivity contribution in [3.63, 3.8) is 0 Å². The summed E-state index contributed by atoms with van der Waals surface area (Å²) in [5.74, 6) is 1.08. The topological polar surface area (TPSA) is 45.7 Å². The van der Waals surface area contributed by atoms with Gasteiger partial charge in [0.1, 0.15) is 5.75 Å². The lowest BCUT2D eigenvalue weighted by Crippen LogP contribution is -2.37. The second-order valence-electron chi connectivity index (χ2n) is 6.42. The molecule has 2 saturated heterocycles. The van der Waals surface area contributed by atoms with E-state index >= 15 is 0 Å². The zero-order valence-electron chi connectivity index (χ0n) is 13.8. The third kappa shape index (κ3) is 2.65. The summed E-state index contributed by atoms with van der Waals surface area (Å²) in [7, 11) is 1.68. The maximum absolute atomic E-state index is 12.5. The van der Waals surface area contributed by atoms with Crippen LogP contribution in [0.5, 0.6) is 5.75 Å². The molecule has 2 aliphatic heterocycles. The minimum Gasteiger partial charge on any atom is -0.497 e. The number of fused-ring (bicyclic) bond motifs is 1. The second-order valence-corrected chi connectivity index (χ2v) is 6.42. The van der Waals surface area contributed by atoms with Crippen molar-refractivity contribution in [2.45, 2.75) is 31.5 Å². The molecule has 2 atom stereocenters. The fourth-order valence-corrected chi connectivity index (χ4v) is 3.92. The number of ether oxygens (including phenoxy) is 1. The van der Waals surface area contributed by atoms with Crippen LogP contribution in [0.4, 0.5) is 5.69 Å². The van der Waals surface area contributed by atoms with Crippen LogP contribution < -0.4 is 9.64 Å². The van der Waals surface area contributed by atoms with Crippen LogP contribution in [0.2, 0.25) is 0 Å². The van der Waals surface area contributed by atoms with E-state index in [1.807, 2.05) is 29.2 Å². The van der Waals surface area contributed by atoms with Gasteiger partial charge in [-0.05, 0) is 36.2 Å². The van der Waals surface area contributed by atoms with E-state index in [4.69, 9.17) is 4.74 Å². The molecule has 0 spiro atoms. The Morgan fingerprint density at radius 2 is 2.04 bits per heavy atom. The van der Waals surface area contributed by atoms with Crippen LogP contribution in [0, 0.1) is 0 Å². The van der Waals surface area contributed by atoms with E-state index in [2.05, 4.69) is 22.0 Å². The van der Waals surface area contributed by atoms with Crippen LogP contribution in [0.3, 0.4) is 0 Å².